The molecule has 0 saturated carbocycles. The number of alkyl carbamates (subject to hydrolysis) is 1. The Morgan fingerprint density at radius 2 is 1.44 bits per heavy atom. The molecule has 0 radical (unpaired) electrons. The highest BCUT2D eigenvalue weighted by atomic mass is 16.6. The Bertz CT molecular complexity index is 1310. The van der Waals surface area contributed by atoms with Crippen molar-refractivity contribution >= 4 is 23.9 Å². The summed E-state index contributed by atoms with van der Waals surface area (Å²) in [5.41, 5.74) is 1.59. The van der Waals surface area contributed by atoms with Crippen LogP contribution in [0.4, 0.5) is 4.79 Å². The Morgan fingerprint density at radius 1 is 0.844 bits per heavy atom. The van der Waals surface area contributed by atoms with Crippen LogP contribution in [-0.2, 0) is 30.3 Å². The molecule has 10 heteroatoms. The normalized spacial score (nSPS) is 14.4. The molecule has 0 aliphatic heterocycles. The smallest absolute Gasteiger partial charge is 0.408 e. The first-order valence-corrected chi connectivity index (χ1v) is 15.4. The maximum atomic E-state index is 14.4. The number of rotatable bonds is 12. The lowest BCUT2D eigenvalue weighted by Crippen LogP contribution is -2.58. The van der Waals surface area contributed by atoms with Gasteiger partial charge in [0.25, 0.3) is 0 Å². The van der Waals surface area contributed by atoms with E-state index in [-0.39, 0.29) is 6.42 Å². The van der Waals surface area contributed by atoms with Crippen LogP contribution in [0.15, 0.2) is 48.5 Å². The van der Waals surface area contributed by atoms with E-state index in [1.807, 2.05) is 63.2 Å². The minimum atomic E-state index is -1.39. The lowest BCUT2D eigenvalue weighted by Gasteiger charge is -2.38. The number of benzene rings is 2. The summed E-state index contributed by atoms with van der Waals surface area (Å²) in [6, 6.07) is 10.6. The Balaban J connectivity index is 2.62. The lowest BCUT2D eigenvalue weighted by atomic mass is 9.96. The van der Waals surface area contributed by atoms with Gasteiger partial charge in [-0.15, -0.1) is 0 Å². The third-order valence-electron chi connectivity index (χ3n) is 7.16. The number of aliphatic hydroxyl groups excluding tert-OH is 1. The Labute approximate surface area is 267 Å². The van der Waals surface area contributed by atoms with Crippen LogP contribution < -0.4 is 10.6 Å². The summed E-state index contributed by atoms with van der Waals surface area (Å²) in [6.07, 6.45) is -0.249. The van der Waals surface area contributed by atoms with Gasteiger partial charge in [-0.3, -0.25) is 9.59 Å². The third kappa shape index (κ3) is 11.5. The van der Waals surface area contributed by atoms with Crippen molar-refractivity contribution < 1.29 is 33.8 Å². The molecule has 0 heterocycles. The van der Waals surface area contributed by atoms with Crippen LogP contribution in [0.3, 0.4) is 0 Å². The molecule has 0 fully saturated rings. The molecule has 3 N–H and O–H groups in total. The van der Waals surface area contributed by atoms with Crippen molar-refractivity contribution in [3.63, 3.8) is 0 Å². The number of nitrogens with zero attached hydrogens (tertiary/aromatic N) is 1. The van der Waals surface area contributed by atoms with Crippen LogP contribution in [0, 0.1) is 13.8 Å². The Morgan fingerprint density at radius 3 is 1.96 bits per heavy atom. The molecule has 0 aromatic heterocycles. The van der Waals surface area contributed by atoms with Crippen molar-refractivity contribution in [3.05, 3.63) is 70.8 Å². The van der Waals surface area contributed by atoms with Gasteiger partial charge in [0.2, 0.25) is 11.8 Å². The first-order chi connectivity index (χ1) is 20.9. The molecule has 4 unspecified atom stereocenters. The van der Waals surface area contributed by atoms with Gasteiger partial charge in [-0.2, -0.15) is 0 Å². The van der Waals surface area contributed by atoms with E-state index in [0.29, 0.717) is 12.0 Å². The highest BCUT2D eigenvalue weighted by molar-refractivity contribution is 5.94. The average molecular weight is 626 g/mol. The SMILES string of the molecule is CCC(C)N(C(=O)C(CO)NC(=O)OC(C)(C)C)C(C(=O)NC(Cc1ccccc1)C(=O)OC(C)(C)C)c1ccc(C)c(C)c1. The number of nitrogens with one attached hydrogen (secondary N) is 2. The molecule has 0 saturated heterocycles. The molecule has 248 valence electrons. The van der Waals surface area contributed by atoms with Gasteiger partial charge in [0.1, 0.15) is 29.3 Å². The van der Waals surface area contributed by atoms with Gasteiger partial charge in [0, 0.05) is 12.5 Å². The fraction of sp³-hybridized carbons (Fsp3) is 0.543. The quantitative estimate of drug-likeness (QED) is 0.285. The van der Waals surface area contributed by atoms with Crippen molar-refractivity contribution in [1.29, 1.82) is 0 Å². The number of ether oxygens (including phenoxy) is 2. The summed E-state index contributed by atoms with van der Waals surface area (Å²) in [5, 5.41) is 15.6. The molecule has 10 nitrogen and oxygen atoms in total. The molecule has 3 amide bonds. The van der Waals surface area contributed by atoms with Crippen LogP contribution in [0.5, 0.6) is 0 Å². The fourth-order valence-corrected chi connectivity index (χ4v) is 4.65. The number of esters is 1. The molecular weight excluding hydrogens is 574 g/mol. The van der Waals surface area contributed by atoms with E-state index in [4.69, 9.17) is 9.47 Å². The van der Waals surface area contributed by atoms with Gasteiger partial charge in [-0.1, -0.05) is 55.5 Å². The highest BCUT2D eigenvalue weighted by Crippen LogP contribution is 2.28. The predicted molar refractivity (Wildman–Crippen MR) is 173 cm³/mol. The van der Waals surface area contributed by atoms with E-state index in [9.17, 15) is 24.3 Å². The second-order valence-electron chi connectivity index (χ2n) is 13.4. The number of hydrogen-bond acceptors (Lipinski definition) is 7. The van der Waals surface area contributed by atoms with Crippen molar-refractivity contribution in [2.24, 2.45) is 0 Å². The summed E-state index contributed by atoms with van der Waals surface area (Å²) in [7, 11) is 0. The van der Waals surface area contributed by atoms with E-state index in [1.54, 1.807) is 54.5 Å². The minimum Gasteiger partial charge on any atom is -0.458 e. The van der Waals surface area contributed by atoms with Crippen LogP contribution in [0.25, 0.3) is 0 Å². The number of aryl methyl sites for hydroxylation is 2. The summed E-state index contributed by atoms with van der Waals surface area (Å²) in [4.78, 5) is 56.0. The first kappa shape index (κ1) is 37.3. The van der Waals surface area contributed by atoms with Gasteiger partial charge in [-0.25, -0.2) is 9.59 Å². The van der Waals surface area contributed by atoms with E-state index in [0.717, 1.165) is 16.7 Å². The van der Waals surface area contributed by atoms with Gasteiger partial charge in [0.15, 0.2) is 0 Å². The summed E-state index contributed by atoms with van der Waals surface area (Å²) in [5.74, 6) is -1.89. The molecule has 2 aromatic rings. The van der Waals surface area contributed by atoms with Gasteiger partial charge < -0.3 is 30.1 Å². The summed E-state index contributed by atoms with van der Waals surface area (Å²) < 4.78 is 11.0. The molecule has 2 aromatic carbocycles. The van der Waals surface area contributed by atoms with Crippen LogP contribution in [0.1, 0.15) is 90.1 Å². The molecule has 0 bridgehead atoms. The number of carbonyl (C=O) groups is 4. The van der Waals surface area contributed by atoms with E-state index >= 15 is 0 Å². The summed E-state index contributed by atoms with van der Waals surface area (Å²) in [6.45, 7) is 17.1. The van der Waals surface area contributed by atoms with Crippen molar-refractivity contribution in [2.45, 2.75) is 117 Å². The molecule has 0 aliphatic carbocycles. The molecule has 4 atom stereocenters. The zero-order chi connectivity index (χ0) is 34.1. The van der Waals surface area contributed by atoms with E-state index in [1.165, 1.54) is 4.90 Å². The molecule has 45 heavy (non-hydrogen) atoms. The number of amides is 3. The van der Waals surface area contributed by atoms with E-state index < -0.39 is 65.9 Å². The van der Waals surface area contributed by atoms with Crippen molar-refractivity contribution in [2.75, 3.05) is 6.61 Å². The number of carbonyl (C=O) groups excluding carboxylic acids is 4. The van der Waals surface area contributed by atoms with Gasteiger partial charge >= 0.3 is 12.1 Å². The zero-order valence-electron chi connectivity index (χ0n) is 28.4. The van der Waals surface area contributed by atoms with Crippen molar-refractivity contribution in [1.82, 2.24) is 15.5 Å². The van der Waals surface area contributed by atoms with E-state index in [2.05, 4.69) is 10.6 Å². The summed E-state index contributed by atoms with van der Waals surface area (Å²) >= 11 is 0. The van der Waals surface area contributed by atoms with Crippen LogP contribution >= 0.6 is 0 Å². The largest absolute Gasteiger partial charge is 0.458 e. The standard InChI is InChI=1S/C35H51N3O7/c1-11-24(4)38(31(41)28(21-39)37-33(43)45-35(8,9)10)29(26-18-17-22(2)23(3)19-26)30(40)36-27(32(42)44-34(5,6)7)20-25-15-13-12-14-16-25/h12-19,24,27-29,39H,11,20-21H2,1-10H3,(H,36,40)(H,37,43). The second kappa shape index (κ2) is 15.9. The monoisotopic (exact) mass is 625 g/mol. The highest BCUT2D eigenvalue weighted by Gasteiger charge is 2.40. The maximum absolute atomic E-state index is 14.4. The molecule has 0 aliphatic rings. The zero-order valence-corrected chi connectivity index (χ0v) is 28.4. The van der Waals surface area contributed by atoms with Gasteiger partial charge in [-0.05, 0) is 91.0 Å². The first-order valence-electron chi connectivity index (χ1n) is 15.4. The Hall–Kier alpha value is -3.92. The third-order valence-corrected chi connectivity index (χ3v) is 7.16. The molecule has 0 spiro atoms. The van der Waals surface area contributed by atoms with Crippen molar-refractivity contribution in [3.8, 4) is 0 Å². The van der Waals surface area contributed by atoms with Crippen LogP contribution in [-0.4, -0.2) is 69.8 Å². The lowest BCUT2D eigenvalue weighted by molar-refractivity contribution is -0.159. The van der Waals surface area contributed by atoms with Gasteiger partial charge in [0.05, 0.1) is 6.61 Å². The predicted octanol–water partition coefficient (Wildman–Crippen LogP) is 4.93. The minimum absolute atomic E-state index is 0.165. The second-order valence-corrected chi connectivity index (χ2v) is 13.4. The van der Waals surface area contributed by atoms with Crippen LogP contribution in [0.2, 0.25) is 0 Å². The topological polar surface area (TPSA) is 134 Å². The Kier molecular flexibility index (Phi) is 13.2. The average Bonchev–Trinajstić information content (AvgIpc) is 2.93. The molecule has 2 rings (SSSR count). The maximum Gasteiger partial charge on any atom is 0.408 e. The number of aliphatic hydroxyl groups is 1. The number of hydrogen-bond donors (Lipinski definition) is 3. The fourth-order valence-electron chi connectivity index (χ4n) is 4.65. The molecular formula is C35H51N3O7.